The number of hydrogen-bond donors (Lipinski definition) is 4. The van der Waals surface area contributed by atoms with Crippen LogP contribution in [-0.2, 0) is 84.0 Å². The average Bonchev–Trinajstić information content (AvgIpc) is 3.16. The highest BCUT2D eigenvalue weighted by molar-refractivity contribution is 7.48. The number of carbonyl (C=O) groups is 7. The van der Waals surface area contributed by atoms with E-state index in [1.54, 1.807) is 13.8 Å². The topological polar surface area (TPSA) is 294 Å². The Morgan fingerprint density at radius 1 is 0.548 bits per heavy atom. The molecule has 0 bridgehead atoms. The average molecular weight is 931 g/mol. The molecule has 0 aliphatic rings. The maximum atomic E-state index is 13.4. The lowest BCUT2D eigenvalue weighted by Gasteiger charge is -2.23. The maximum absolute atomic E-state index is 13.4. The van der Waals surface area contributed by atoms with Crippen molar-refractivity contribution in [3.05, 3.63) is 25.3 Å². The molecule has 0 heterocycles. The molecule has 4 N–H and O–H groups in total. The molecule has 23 nitrogen and oxygen atoms in total. The van der Waals surface area contributed by atoms with Gasteiger partial charge < -0.3 is 40.2 Å². The fraction of sp³-hybridized carbons (Fsp3) is 0.703. The number of hydrogen-bond acceptors (Lipinski definition) is 19. The van der Waals surface area contributed by atoms with Crippen LogP contribution in [0.15, 0.2) is 25.3 Å². The molecule has 0 radical (unpaired) electrons. The minimum atomic E-state index is -4.31. The Hall–Kier alpha value is -3.89. The Balaban J connectivity index is 5.19. The molecular weight excluding hydrogens is 866 g/mol. The molecule has 62 heavy (non-hydrogen) atoms. The summed E-state index contributed by atoms with van der Waals surface area (Å²) >= 11 is 0. The van der Waals surface area contributed by atoms with Crippen molar-refractivity contribution < 1.29 is 88.8 Å². The number of esters is 2. The molecule has 0 aromatic carbocycles. The third-order valence-corrected chi connectivity index (χ3v) is 9.96. The van der Waals surface area contributed by atoms with E-state index in [0.717, 1.165) is 0 Å². The minimum Gasteiger partial charge on any atom is -0.463 e. The smallest absolute Gasteiger partial charge is 0.463 e. The quantitative estimate of drug-likeness (QED) is 0.0227. The van der Waals surface area contributed by atoms with Crippen LogP contribution in [0.1, 0.15) is 67.2 Å². The van der Waals surface area contributed by atoms with Crippen molar-refractivity contribution in [3.8, 4) is 0 Å². The number of carbonyl (C=O) groups excluding carboxylic acids is 7. The Kier molecular flexibility index (Phi) is 31.5. The highest BCUT2D eigenvalue weighted by Crippen LogP contribution is 2.50. The van der Waals surface area contributed by atoms with Crippen LogP contribution in [0.5, 0.6) is 0 Å². The number of amides is 4. The molecule has 0 saturated carbocycles. The fourth-order valence-corrected chi connectivity index (χ4v) is 6.87. The van der Waals surface area contributed by atoms with Gasteiger partial charge in [0.1, 0.15) is 23.8 Å². The summed E-state index contributed by atoms with van der Waals surface area (Å²) in [4.78, 5) is 82.2. The number of urea groups is 1. The van der Waals surface area contributed by atoms with Crippen LogP contribution in [0.4, 0.5) is 4.79 Å². The third-order valence-electron chi connectivity index (χ3n) is 7.10. The molecule has 0 rings (SSSR count). The van der Waals surface area contributed by atoms with E-state index in [0.29, 0.717) is 12.8 Å². The van der Waals surface area contributed by atoms with E-state index in [4.69, 9.17) is 46.1 Å². The van der Waals surface area contributed by atoms with Crippen LogP contribution in [0.3, 0.4) is 0 Å². The SMILES string of the molecule is C=CCOP(=O)(OCCNC(=O)NCCOP(=O)(OCC=C)OC[C@@H](COCC[C@@H](C)OC(C)=O)NC(=O)CC(C)=O)OC[C@@H](COCC[C@@H](C)OC(C)=O)NC(=O)CC(C)=O. The predicted octanol–water partition coefficient (Wildman–Crippen LogP) is 2.62. The van der Waals surface area contributed by atoms with Crippen molar-refractivity contribution in [2.75, 3.05) is 79.2 Å². The van der Waals surface area contributed by atoms with Crippen LogP contribution in [0.2, 0.25) is 0 Å². The molecule has 0 aliphatic carbocycles. The van der Waals surface area contributed by atoms with Gasteiger partial charge in [0.2, 0.25) is 11.8 Å². The zero-order chi connectivity index (χ0) is 47.0. The highest BCUT2D eigenvalue weighted by Gasteiger charge is 2.30. The molecule has 6 atom stereocenters. The number of rotatable bonds is 38. The van der Waals surface area contributed by atoms with Gasteiger partial charge in [-0.2, -0.15) is 0 Å². The lowest BCUT2D eigenvalue weighted by molar-refractivity contribution is -0.147. The van der Waals surface area contributed by atoms with Crippen molar-refractivity contribution in [1.82, 2.24) is 21.3 Å². The van der Waals surface area contributed by atoms with Crippen LogP contribution >= 0.6 is 15.6 Å². The first-order chi connectivity index (χ1) is 29.2. The molecular formula is C37H64N4O19P2. The number of phosphoric ester groups is 2. The van der Waals surface area contributed by atoms with Crippen LogP contribution < -0.4 is 21.3 Å². The first kappa shape index (κ1) is 58.1. The highest BCUT2D eigenvalue weighted by atomic mass is 31.2. The fourth-order valence-electron chi connectivity index (χ4n) is 4.49. The summed E-state index contributed by atoms with van der Waals surface area (Å²) in [5.41, 5.74) is 0. The molecule has 2 unspecified atom stereocenters. The van der Waals surface area contributed by atoms with E-state index in [9.17, 15) is 42.7 Å². The second-order valence-electron chi connectivity index (χ2n) is 13.4. The van der Waals surface area contributed by atoms with Crippen molar-refractivity contribution in [2.45, 2.75) is 91.5 Å². The Morgan fingerprint density at radius 2 is 0.919 bits per heavy atom. The first-order valence-corrected chi connectivity index (χ1v) is 22.5. The van der Waals surface area contributed by atoms with E-state index in [1.807, 2.05) is 0 Å². The van der Waals surface area contributed by atoms with E-state index >= 15 is 0 Å². The van der Waals surface area contributed by atoms with Gasteiger partial charge in [0.25, 0.3) is 0 Å². The third kappa shape index (κ3) is 32.8. The van der Waals surface area contributed by atoms with Gasteiger partial charge in [0, 0.05) is 39.8 Å². The zero-order valence-electron chi connectivity index (χ0n) is 36.3. The van der Waals surface area contributed by atoms with Gasteiger partial charge in [-0.15, -0.1) is 13.2 Å². The number of ether oxygens (including phenoxy) is 4. The summed E-state index contributed by atoms with van der Waals surface area (Å²) in [5, 5.41) is 10.0. The second kappa shape index (κ2) is 33.6. The summed E-state index contributed by atoms with van der Waals surface area (Å²) in [5.74, 6) is -2.95. The minimum absolute atomic E-state index is 0.133. The number of nitrogens with one attached hydrogen (secondary N) is 4. The molecule has 0 aromatic heterocycles. The number of ketones is 2. The van der Waals surface area contributed by atoms with Crippen LogP contribution in [0.25, 0.3) is 0 Å². The molecule has 0 saturated heterocycles. The summed E-state index contributed by atoms with van der Waals surface area (Å²) < 4.78 is 80.0. The van der Waals surface area contributed by atoms with Crippen molar-refractivity contribution in [3.63, 3.8) is 0 Å². The molecule has 25 heteroatoms. The van der Waals surface area contributed by atoms with Gasteiger partial charge in [0.15, 0.2) is 0 Å². The maximum Gasteiger partial charge on any atom is 0.475 e. The van der Waals surface area contributed by atoms with Crippen molar-refractivity contribution in [2.24, 2.45) is 0 Å². The lowest BCUT2D eigenvalue weighted by Crippen LogP contribution is -2.42. The van der Waals surface area contributed by atoms with Crippen molar-refractivity contribution >= 4 is 57.0 Å². The first-order valence-electron chi connectivity index (χ1n) is 19.6. The zero-order valence-corrected chi connectivity index (χ0v) is 38.1. The van der Waals surface area contributed by atoms with Gasteiger partial charge in [-0.25, -0.2) is 13.9 Å². The van der Waals surface area contributed by atoms with E-state index in [2.05, 4.69) is 34.4 Å². The van der Waals surface area contributed by atoms with Gasteiger partial charge in [-0.3, -0.25) is 55.9 Å². The standard InChI is InChI=1S/C37H64N4O19P2/c1-9-15-53-61(49,57-25-33(40-35(46)21-27(3)42)23-51-17-11-29(5)59-31(7)44)55-19-13-38-37(48)39-14-20-56-62(50,54-16-10-2)58-26-34(41-36(47)22-28(4)43)24-52-18-12-30(6)60-32(8)45/h9-10,29-30,33-34H,1-2,11-26H2,3-8H3,(H,40,46)(H,41,47)(H2,38,39,48)/t29-,30-,33-,34-,61?,62?/m1/s1. The van der Waals surface area contributed by atoms with Crippen LogP contribution in [0, 0.1) is 0 Å². The molecule has 0 fully saturated rings. The van der Waals surface area contributed by atoms with Crippen LogP contribution in [-0.4, -0.2) is 145 Å². The predicted molar refractivity (Wildman–Crippen MR) is 221 cm³/mol. The summed E-state index contributed by atoms with van der Waals surface area (Å²) in [7, 11) is -8.63. The molecule has 0 spiro atoms. The Morgan fingerprint density at radius 3 is 1.24 bits per heavy atom. The molecule has 0 aromatic rings. The molecule has 356 valence electrons. The van der Waals surface area contributed by atoms with Crippen molar-refractivity contribution in [1.29, 1.82) is 0 Å². The summed E-state index contributed by atoms with van der Waals surface area (Å²) in [6.07, 6.45) is 1.58. The van der Waals surface area contributed by atoms with E-state index in [-0.39, 0.29) is 65.9 Å². The number of phosphoric acid groups is 2. The lowest BCUT2D eigenvalue weighted by atomic mass is 10.2. The van der Waals surface area contributed by atoms with Gasteiger partial charge in [0.05, 0.1) is 91.0 Å². The summed E-state index contributed by atoms with van der Waals surface area (Å²) in [6.45, 7) is 12.9. The monoisotopic (exact) mass is 930 g/mol. The van der Waals surface area contributed by atoms with Gasteiger partial charge in [-0.05, 0) is 27.7 Å². The Bertz CT molecular complexity index is 1430. The van der Waals surface area contributed by atoms with Gasteiger partial charge in [-0.1, -0.05) is 12.2 Å². The summed E-state index contributed by atoms with van der Waals surface area (Å²) in [6, 6.07) is -2.54. The number of Topliss-reactive ketones (excluding diaryl/α,β-unsaturated/α-hetero) is 2. The largest absolute Gasteiger partial charge is 0.475 e. The van der Waals surface area contributed by atoms with E-state index < -0.39 is 107 Å². The molecule has 4 amide bonds. The van der Waals surface area contributed by atoms with E-state index in [1.165, 1.54) is 39.8 Å². The second-order valence-corrected chi connectivity index (χ2v) is 16.7. The molecule has 0 aliphatic heterocycles. The normalized spacial score (nSPS) is 14.9. The van der Waals surface area contributed by atoms with Gasteiger partial charge >= 0.3 is 33.6 Å². The Labute approximate surface area is 362 Å².